The van der Waals surface area contributed by atoms with Crippen LogP contribution >= 0.6 is 0 Å². The number of rotatable bonds is 6. The Kier molecular flexibility index (Phi) is 5.95. The summed E-state index contributed by atoms with van der Waals surface area (Å²) in [6, 6.07) is 6.49. The van der Waals surface area contributed by atoms with Crippen molar-refractivity contribution >= 4 is 17.8 Å². The van der Waals surface area contributed by atoms with Gasteiger partial charge >= 0.3 is 6.03 Å². The highest BCUT2D eigenvalue weighted by Gasteiger charge is 2.46. The molecule has 0 bridgehead atoms. The summed E-state index contributed by atoms with van der Waals surface area (Å²) >= 11 is 0. The molecule has 3 rings (SSSR count). The molecule has 4 amide bonds. The molecule has 0 saturated carbocycles. The van der Waals surface area contributed by atoms with E-state index in [0.29, 0.717) is 31.9 Å². The van der Waals surface area contributed by atoms with E-state index in [1.807, 2.05) is 24.3 Å². The van der Waals surface area contributed by atoms with E-state index in [1.54, 1.807) is 16.9 Å². The zero-order chi connectivity index (χ0) is 19.4. The molecule has 8 heteroatoms. The van der Waals surface area contributed by atoms with Gasteiger partial charge in [-0.05, 0) is 24.1 Å². The zero-order valence-corrected chi connectivity index (χ0v) is 15.7. The minimum Gasteiger partial charge on any atom is -0.497 e. The second-order valence-corrected chi connectivity index (χ2v) is 6.70. The standard InChI is InChI=1S/C19H25N3O5/c1-26-10-9-22-18(24)16-13-20(7-4-8-21(16)19(22)25)17(23)12-14-5-3-6-15(11-14)27-2/h3,5-6,11,16H,4,7-10,12-13H2,1-2H3. The van der Waals surface area contributed by atoms with Gasteiger partial charge in [0, 0.05) is 20.2 Å². The Bertz CT molecular complexity index is 723. The molecule has 0 N–H and O–H groups in total. The number of urea groups is 1. The summed E-state index contributed by atoms with van der Waals surface area (Å²) in [5.41, 5.74) is 0.857. The van der Waals surface area contributed by atoms with Crippen LogP contribution in [0.3, 0.4) is 0 Å². The molecule has 146 valence electrons. The van der Waals surface area contributed by atoms with Gasteiger partial charge in [-0.15, -0.1) is 0 Å². The molecule has 1 aromatic rings. The molecule has 2 aliphatic rings. The first kappa shape index (κ1) is 19.2. The maximum atomic E-state index is 12.8. The van der Waals surface area contributed by atoms with E-state index in [-0.39, 0.29) is 37.4 Å². The molecule has 0 radical (unpaired) electrons. The summed E-state index contributed by atoms with van der Waals surface area (Å²) < 4.78 is 10.2. The lowest BCUT2D eigenvalue weighted by atomic mass is 10.1. The third-order valence-corrected chi connectivity index (χ3v) is 4.99. The van der Waals surface area contributed by atoms with Crippen molar-refractivity contribution in [1.82, 2.24) is 14.7 Å². The maximum Gasteiger partial charge on any atom is 0.327 e. The Hall–Kier alpha value is -2.61. The average Bonchev–Trinajstić information content (AvgIpc) is 2.84. The van der Waals surface area contributed by atoms with Gasteiger partial charge in [0.15, 0.2) is 0 Å². The van der Waals surface area contributed by atoms with Crippen molar-refractivity contribution < 1.29 is 23.9 Å². The van der Waals surface area contributed by atoms with Gasteiger partial charge in [0.25, 0.3) is 5.91 Å². The molecule has 0 aromatic heterocycles. The summed E-state index contributed by atoms with van der Waals surface area (Å²) in [5.74, 6) is 0.395. The topological polar surface area (TPSA) is 79.4 Å². The van der Waals surface area contributed by atoms with E-state index in [4.69, 9.17) is 9.47 Å². The molecule has 1 aromatic carbocycles. The largest absolute Gasteiger partial charge is 0.497 e. The highest BCUT2D eigenvalue weighted by molar-refractivity contribution is 6.04. The van der Waals surface area contributed by atoms with Crippen LogP contribution in [0.4, 0.5) is 4.79 Å². The van der Waals surface area contributed by atoms with Gasteiger partial charge in [-0.1, -0.05) is 12.1 Å². The van der Waals surface area contributed by atoms with E-state index < -0.39 is 6.04 Å². The van der Waals surface area contributed by atoms with Gasteiger partial charge < -0.3 is 19.3 Å². The van der Waals surface area contributed by atoms with Crippen molar-refractivity contribution in [1.29, 1.82) is 0 Å². The fourth-order valence-corrected chi connectivity index (χ4v) is 3.54. The number of ether oxygens (including phenoxy) is 2. The second-order valence-electron chi connectivity index (χ2n) is 6.70. The lowest BCUT2D eigenvalue weighted by Gasteiger charge is -2.23. The number of carbonyl (C=O) groups excluding carboxylic acids is 3. The lowest BCUT2D eigenvalue weighted by molar-refractivity contribution is -0.133. The van der Waals surface area contributed by atoms with Crippen LogP contribution in [0.15, 0.2) is 24.3 Å². The van der Waals surface area contributed by atoms with Crippen LogP contribution in [-0.4, -0.2) is 85.6 Å². The van der Waals surface area contributed by atoms with Crippen LogP contribution in [0.2, 0.25) is 0 Å². The molecular formula is C19H25N3O5. The normalized spacial score (nSPS) is 19.9. The van der Waals surface area contributed by atoms with Crippen molar-refractivity contribution in [2.45, 2.75) is 18.9 Å². The number of fused-ring (bicyclic) bond motifs is 1. The first-order chi connectivity index (χ1) is 13.0. The highest BCUT2D eigenvalue weighted by Crippen LogP contribution is 2.22. The molecule has 2 aliphatic heterocycles. The number of amides is 4. The third-order valence-electron chi connectivity index (χ3n) is 4.99. The van der Waals surface area contributed by atoms with E-state index in [0.717, 1.165) is 5.56 Å². The van der Waals surface area contributed by atoms with Gasteiger partial charge in [0.2, 0.25) is 5.91 Å². The minimum absolute atomic E-state index is 0.0549. The predicted molar refractivity (Wildman–Crippen MR) is 97.4 cm³/mol. The van der Waals surface area contributed by atoms with Crippen molar-refractivity contribution in [2.24, 2.45) is 0 Å². The van der Waals surface area contributed by atoms with Crippen molar-refractivity contribution in [3.05, 3.63) is 29.8 Å². The van der Waals surface area contributed by atoms with Crippen LogP contribution in [0, 0.1) is 0 Å². The third kappa shape index (κ3) is 4.05. The predicted octanol–water partition coefficient (Wildman–Crippen LogP) is 0.749. The molecule has 0 spiro atoms. The Morgan fingerprint density at radius 2 is 2.04 bits per heavy atom. The number of nitrogens with zero attached hydrogens (tertiary/aromatic N) is 3. The summed E-state index contributed by atoms with van der Waals surface area (Å²) in [6.07, 6.45) is 0.886. The monoisotopic (exact) mass is 375 g/mol. The quantitative estimate of drug-likeness (QED) is 0.686. The summed E-state index contributed by atoms with van der Waals surface area (Å²) in [7, 11) is 3.12. The molecule has 2 heterocycles. The summed E-state index contributed by atoms with van der Waals surface area (Å²) in [4.78, 5) is 42.5. The van der Waals surface area contributed by atoms with Crippen molar-refractivity contribution in [3.8, 4) is 5.75 Å². The van der Waals surface area contributed by atoms with E-state index >= 15 is 0 Å². The Balaban J connectivity index is 1.69. The first-order valence-electron chi connectivity index (χ1n) is 9.06. The molecular weight excluding hydrogens is 350 g/mol. The second kappa shape index (κ2) is 8.39. The van der Waals surface area contributed by atoms with Crippen LogP contribution in [-0.2, 0) is 20.7 Å². The Morgan fingerprint density at radius 1 is 1.22 bits per heavy atom. The highest BCUT2D eigenvalue weighted by atomic mass is 16.5. The average molecular weight is 375 g/mol. The van der Waals surface area contributed by atoms with Gasteiger partial charge in [-0.2, -0.15) is 0 Å². The Labute approximate surface area is 158 Å². The first-order valence-corrected chi connectivity index (χ1v) is 9.06. The van der Waals surface area contributed by atoms with E-state index in [2.05, 4.69) is 0 Å². The van der Waals surface area contributed by atoms with E-state index in [9.17, 15) is 14.4 Å². The molecule has 27 heavy (non-hydrogen) atoms. The fourth-order valence-electron chi connectivity index (χ4n) is 3.54. The molecule has 8 nitrogen and oxygen atoms in total. The number of hydrogen-bond acceptors (Lipinski definition) is 5. The fraction of sp³-hybridized carbons (Fsp3) is 0.526. The number of carbonyl (C=O) groups is 3. The van der Waals surface area contributed by atoms with Crippen LogP contribution in [0.5, 0.6) is 5.75 Å². The number of imide groups is 1. The van der Waals surface area contributed by atoms with Crippen LogP contribution < -0.4 is 4.74 Å². The van der Waals surface area contributed by atoms with Crippen LogP contribution in [0.25, 0.3) is 0 Å². The van der Waals surface area contributed by atoms with Gasteiger partial charge in [0.05, 0.1) is 33.2 Å². The SMILES string of the molecule is COCCN1C(=O)C2CN(C(=O)Cc3cccc(OC)c3)CCCN2C1=O. The maximum absolute atomic E-state index is 12.8. The molecule has 2 fully saturated rings. The Morgan fingerprint density at radius 3 is 2.78 bits per heavy atom. The number of benzene rings is 1. The summed E-state index contributed by atoms with van der Waals surface area (Å²) in [5, 5.41) is 0. The van der Waals surface area contributed by atoms with E-state index in [1.165, 1.54) is 12.0 Å². The minimum atomic E-state index is -0.605. The molecule has 0 aliphatic carbocycles. The zero-order valence-electron chi connectivity index (χ0n) is 15.7. The van der Waals surface area contributed by atoms with Crippen LogP contribution in [0.1, 0.15) is 12.0 Å². The number of methoxy groups -OCH3 is 2. The molecule has 1 atom stereocenters. The van der Waals surface area contributed by atoms with Crippen molar-refractivity contribution in [3.63, 3.8) is 0 Å². The van der Waals surface area contributed by atoms with Gasteiger partial charge in [-0.3, -0.25) is 14.5 Å². The van der Waals surface area contributed by atoms with Crippen molar-refractivity contribution in [2.75, 3.05) is 47.0 Å². The molecule has 2 saturated heterocycles. The van der Waals surface area contributed by atoms with Gasteiger partial charge in [0.1, 0.15) is 11.8 Å². The molecule has 1 unspecified atom stereocenters. The lowest BCUT2D eigenvalue weighted by Crippen LogP contribution is -2.44. The van der Waals surface area contributed by atoms with Gasteiger partial charge in [-0.25, -0.2) is 4.79 Å². The summed E-state index contributed by atoms with van der Waals surface area (Å²) in [6.45, 7) is 1.78. The smallest absolute Gasteiger partial charge is 0.327 e. The number of hydrogen-bond donors (Lipinski definition) is 0.